The summed E-state index contributed by atoms with van der Waals surface area (Å²) in [4.78, 5) is 75.7. The van der Waals surface area contributed by atoms with E-state index in [1.165, 1.54) is 42.7 Å². The molecule has 0 saturated carbocycles. The zero-order valence-electron chi connectivity index (χ0n) is 77.9. The lowest BCUT2D eigenvalue weighted by Crippen LogP contribution is -2.45. The van der Waals surface area contributed by atoms with Crippen molar-refractivity contribution in [3.8, 4) is 0 Å². The second-order valence-electron chi connectivity index (χ2n) is 34.9. The second-order valence-corrected chi connectivity index (χ2v) is 44.4. The zero-order chi connectivity index (χ0) is 89.5. The van der Waals surface area contributed by atoms with Gasteiger partial charge in [-0.2, -0.15) is 0 Å². The summed E-state index contributed by atoms with van der Waals surface area (Å²) in [6.07, 6.45) is 20.7. The van der Waals surface area contributed by atoms with Crippen molar-refractivity contribution >= 4 is 57.8 Å². The van der Waals surface area contributed by atoms with Crippen LogP contribution in [0.1, 0.15) is 272 Å². The van der Waals surface area contributed by atoms with Crippen molar-refractivity contribution in [1.82, 2.24) is 0 Å². The molecule has 1 aliphatic rings. The first kappa shape index (κ1) is 113. The molecule has 0 radical (unpaired) electrons. The normalized spacial score (nSPS) is 16.7. The number of aliphatic hydroxyl groups is 1. The van der Waals surface area contributed by atoms with Gasteiger partial charge in [-0.1, -0.05) is 296 Å². The predicted molar refractivity (Wildman–Crippen MR) is 488 cm³/mol. The van der Waals surface area contributed by atoms with E-state index in [0.717, 1.165) is 69.6 Å². The molecule has 0 aromatic heterocycles. The summed E-state index contributed by atoms with van der Waals surface area (Å²) < 4.78 is 43.1. The van der Waals surface area contributed by atoms with Crippen molar-refractivity contribution in [3.05, 3.63) is 180 Å². The fourth-order valence-electron chi connectivity index (χ4n) is 11.1. The molecule has 0 bridgehead atoms. The predicted octanol–water partition coefficient (Wildman–Crippen LogP) is 24.1. The van der Waals surface area contributed by atoms with Gasteiger partial charge in [-0.3, -0.25) is 28.8 Å². The number of benzene rings is 4. The molecule has 1 heterocycles. The van der Waals surface area contributed by atoms with E-state index in [2.05, 4.69) is 172 Å². The Morgan fingerprint density at radius 3 is 1.03 bits per heavy atom. The highest BCUT2D eigenvalue weighted by molar-refractivity contribution is 6.74. The number of carbonyl (C=O) groups excluding carboxylic acids is 6. The summed E-state index contributed by atoms with van der Waals surface area (Å²) >= 11 is 0. The molecule has 4 aromatic carbocycles. The number of hydrogen-bond donors (Lipinski definition) is 2. The van der Waals surface area contributed by atoms with Gasteiger partial charge in [0, 0.05) is 18.8 Å². The Hall–Kier alpha value is -6.30. The smallest absolute Gasteiger partial charge is 0.305 e. The molecule has 18 heteroatoms. The fourth-order valence-corrected chi connectivity index (χ4v) is 13.8. The van der Waals surface area contributed by atoms with Crippen molar-refractivity contribution in [3.63, 3.8) is 0 Å². The van der Waals surface area contributed by atoms with Crippen LogP contribution in [-0.2, 0) is 92.5 Å². The number of aldehydes is 1. The Balaban J connectivity index is 0. The van der Waals surface area contributed by atoms with Crippen LogP contribution in [0.3, 0.4) is 0 Å². The van der Waals surface area contributed by atoms with Crippen molar-refractivity contribution in [1.29, 1.82) is 0 Å². The number of aliphatic hydroxyl groups excluding tert-OH is 1. The number of rotatable bonds is 46. The van der Waals surface area contributed by atoms with Gasteiger partial charge in [0.05, 0.1) is 81.7 Å². The molecule has 5 rings (SSSR count). The van der Waals surface area contributed by atoms with Gasteiger partial charge in [0.1, 0.15) is 18.2 Å². The highest BCUT2D eigenvalue weighted by Gasteiger charge is 2.45. The Morgan fingerprint density at radius 2 is 0.769 bits per heavy atom. The number of hydrogen-bond acceptors (Lipinski definition) is 15. The number of allylic oxidation sites excluding steroid dienone is 4. The van der Waals surface area contributed by atoms with E-state index in [-0.39, 0.29) is 106 Å². The Labute approximate surface area is 712 Å². The van der Waals surface area contributed by atoms with Gasteiger partial charge in [0.2, 0.25) is 0 Å². The first-order valence-electron chi connectivity index (χ1n) is 43.3. The van der Waals surface area contributed by atoms with Crippen LogP contribution in [0.4, 0.5) is 0 Å². The maximum absolute atomic E-state index is 11.9. The number of carboxylic acids is 1. The van der Waals surface area contributed by atoms with E-state index in [1.807, 2.05) is 113 Å². The van der Waals surface area contributed by atoms with E-state index >= 15 is 0 Å². The standard InChI is InChI=1S/C23H40O3Si.C22H38O4Si.C17H24O3.C17H24O2.C10H18O2.C5H10O.C5H8O/c1-9-18(2)22(25-17-20-13-11-10-12-14-20)16-21(15-19(3)24)26-27(7,8)23(4,5)6;1-8-17(2)20(25-16-18-12-10-9-11-13-18)14-19(15-21(23)24)26-27(6,7)22(3,4)5;1-4-12(2)15(10-16-17(20-16)13(3)18)19-11-14-8-6-5-7-9-14;1-4-14(2)17(12-8-9-15(3)18)19-13-16-10-6-5-7-11-16;1-4-8(2)10(12)7-5-6-9(3)11;1-3-5(2)4-6;1-3-4-5(2)6/h10-14,18,21-22H,9,15-17H2,1-8H3;9-13,17,19-20H,8,14-16H2,1-7H3,(H,23,24);5-9,12,15-17H,4,10-11H2,1-3H3;5-11,14,17H,4,12-13H2,1-3H3;5-6,8,10,12H,4,7H2,1-3H3;4-5H,3H2,1-2H3;3-4H,1-2H3/b;;;9-8+;6-5+;;4-3+/t18-,21+,22-;17-,19-,20-;12-,15-,16-,17-;14-,17-;8-,10-;5-;/m000000./s1. The van der Waals surface area contributed by atoms with Crippen LogP contribution in [-0.4, -0.2) is 123 Å². The van der Waals surface area contributed by atoms with Crippen molar-refractivity contribution in [2.24, 2.45) is 35.5 Å². The van der Waals surface area contributed by atoms with Crippen LogP contribution < -0.4 is 0 Å². The molecule has 15 atom stereocenters. The molecular weight excluding hydrogens is 1500 g/mol. The lowest BCUT2D eigenvalue weighted by molar-refractivity contribution is -0.139. The molecule has 0 unspecified atom stereocenters. The largest absolute Gasteiger partial charge is 0.481 e. The first-order chi connectivity index (χ1) is 54.8. The summed E-state index contributed by atoms with van der Waals surface area (Å²) in [5.74, 6) is 2.01. The molecule has 0 spiro atoms. The van der Waals surface area contributed by atoms with Crippen molar-refractivity contribution in [2.75, 3.05) is 0 Å². The van der Waals surface area contributed by atoms with Crippen LogP contribution in [0, 0.1) is 35.5 Å². The molecule has 0 aliphatic carbocycles. The Bertz CT molecular complexity index is 3260. The highest BCUT2D eigenvalue weighted by Crippen LogP contribution is 2.40. The molecule has 16 nitrogen and oxygen atoms in total. The molecule has 662 valence electrons. The maximum atomic E-state index is 11.9. The van der Waals surface area contributed by atoms with E-state index in [9.17, 15) is 43.8 Å². The third-order valence-electron chi connectivity index (χ3n) is 22.3. The molecule has 117 heavy (non-hydrogen) atoms. The summed E-state index contributed by atoms with van der Waals surface area (Å²) in [7, 11) is -3.99. The molecule has 1 fully saturated rings. The number of epoxide rings is 1. The summed E-state index contributed by atoms with van der Waals surface area (Å²) in [6.45, 7) is 59.6. The Morgan fingerprint density at radius 1 is 0.453 bits per heavy atom. The van der Waals surface area contributed by atoms with E-state index < -0.39 is 22.6 Å². The van der Waals surface area contributed by atoms with E-state index in [1.54, 1.807) is 39.0 Å². The van der Waals surface area contributed by atoms with Gasteiger partial charge in [-0.05, 0) is 180 Å². The molecular formula is C99H162O16Si2. The minimum atomic E-state index is -2.05. The van der Waals surface area contributed by atoms with Gasteiger partial charge in [-0.15, -0.1) is 0 Å². The van der Waals surface area contributed by atoms with Crippen LogP contribution in [0.2, 0.25) is 36.3 Å². The number of ketones is 5. The fraction of sp³-hybridized carbons (Fsp3) is 0.626. The highest BCUT2D eigenvalue weighted by atomic mass is 28.4. The minimum absolute atomic E-state index is 0.0220. The topological polar surface area (TPSA) is 228 Å². The van der Waals surface area contributed by atoms with Gasteiger partial charge in [-0.25, -0.2) is 0 Å². The molecule has 1 saturated heterocycles. The molecule has 0 amide bonds. The van der Waals surface area contributed by atoms with Gasteiger partial charge in [0.25, 0.3) is 0 Å². The molecule has 1 aliphatic heterocycles. The third-order valence-corrected chi connectivity index (χ3v) is 31.3. The van der Waals surface area contributed by atoms with Crippen molar-refractivity contribution < 1.29 is 76.3 Å². The molecule has 2 N–H and O–H groups in total. The summed E-state index contributed by atoms with van der Waals surface area (Å²) in [5.41, 5.74) is 4.68. The third kappa shape index (κ3) is 54.6. The first-order valence-corrected chi connectivity index (χ1v) is 49.1. The monoisotopic (exact) mass is 1660 g/mol. The lowest BCUT2D eigenvalue weighted by atomic mass is 9.95. The van der Waals surface area contributed by atoms with Crippen LogP contribution >= 0.6 is 0 Å². The lowest BCUT2D eigenvalue weighted by Gasteiger charge is -2.40. The van der Waals surface area contributed by atoms with Gasteiger partial charge >= 0.3 is 5.97 Å². The number of aliphatic carboxylic acids is 1. The Kier molecular flexibility index (Phi) is 60.5. The zero-order valence-corrected chi connectivity index (χ0v) is 79.9. The van der Waals surface area contributed by atoms with E-state index in [4.69, 9.17) is 32.5 Å². The number of carboxylic acid groups (broad SMARTS) is 1. The minimum Gasteiger partial charge on any atom is -0.481 e. The van der Waals surface area contributed by atoms with Crippen LogP contribution in [0.15, 0.2) is 158 Å². The average Bonchev–Trinajstić information content (AvgIpc) is 1.75. The quantitative estimate of drug-likeness (QED) is 0.0181. The maximum Gasteiger partial charge on any atom is 0.305 e. The number of Topliss-reactive ketones (excluding diaryl/α,β-unsaturated/α-hetero) is 2. The van der Waals surface area contributed by atoms with Crippen LogP contribution in [0.5, 0.6) is 0 Å². The van der Waals surface area contributed by atoms with E-state index in [0.29, 0.717) is 75.3 Å². The van der Waals surface area contributed by atoms with Gasteiger partial charge in [0.15, 0.2) is 39.8 Å². The number of carbonyl (C=O) groups is 7. The average molecular weight is 1660 g/mol. The SMILES string of the molecule is C/C=C/C(C)=O.CC[C@H](C)C=O.CC[C@H](C)[C@@H](O)C/C=C/C(C)=O.CC[C@H](C)[C@H](C/C=C/C(C)=O)OCc1ccccc1.CC[C@H](C)[C@H](C[C@@H](CC(=O)O)O[Si](C)(C)C(C)(C)C)OCc1ccccc1.CC[C@H](C)[C@H](C[C@@H](CC(C)=O)O[Si](C)(C)C(C)(C)C)OCc1ccccc1.CC[C@H](C)[C@H](C[C@@H]1O[C@H]1C(C)=O)OCc1ccccc1. The van der Waals surface area contributed by atoms with Crippen LogP contribution in [0.25, 0.3) is 0 Å². The summed E-state index contributed by atoms with van der Waals surface area (Å²) in [6, 6.07) is 40.7. The van der Waals surface area contributed by atoms with Crippen molar-refractivity contribution in [2.45, 2.75) is 367 Å². The summed E-state index contributed by atoms with van der Waals surface area (Å²) in [5, 5.41) is 19.0. The molecule has 4 aromatic rings. The second kappa shape index (κ2) is 62.8. The van der Waals surface area contributed by atoms with Gasteiger partial charge < -0.3 is 47.5 Å². The number of ether oxygens (including phenoxy) is 5.